The van der Waals surface area contributed by atoms with Crippen LogP contribution in [0.3, 0.4) is 0 Å². The molecule has 0 saturated carbocycles. The van der Waals surface area contributed by atoms with Crippen molar-refractivity contribution < 1.29 is 9.18 Å². The number of carbonyl (C=O) groups is 1. The van der Waals surface area contributed by atoms with Crippen molar-refractivity contribution in [3.63, 3.8) is 0 Å². The summed E-state index contributed by atoms with van der Waals surface area (Å²) in [5.41, 5.74) is 8.65. The molecule has 0 aliphatic carbocycles. The van der Waals surface area contributed by atoms with E-state index < -0.39 is 0 Å². The number of halogens is 1. The van der Waals surface area contributed by atoms with Crippen LogP contribution in [0, 0.1) is 12.7 Å². The van der Waals surface area contributed by atoms with Gasteiger partial charge in [-0.3, -0.25) is 4.79 Å². The minimum atomic E-state index is -0.341. The van der Waals surface area contributed by atoms with Crippen LogP contribution < -0.4 is 11.1 Å². The molecule has 0 aliphatic heterocycles. The van der Waals surface area contributed by atoms with Gasteiger partial charge in [-0.1, -0.05) is 6.07 Å². The third-order valence-corrected chi connectivity index (χ3v) is 6.02. The van der Waals surface area contributed by atoms with E-state index in [1.807, 2.05) is 29.6 Å². The maximum Gasteiger partial charge on any atom is 0.267 e. The molecule has 0 aliphatic rings. The van der Waals surface area contributed by atoms with E-state index in [1.165, 1.54) is 23.5 Å². The molecule has 0 fully saturated rings. The van der Waals surface area contributed by atoms with Gasteiger partial charge in [0.25, 0.3) is 5.91 Å². The highest BCUT2D eigenvalue weighted by Gasteiger charge is 2.18. The standard InChI is InChI=1S/C19H14FN3OS2/c1-10-9-11(20)4-6-13(10)22-18(24)17-16(21)12-5-7-14(23-19(12)26-17)15-3-2-8-25-15/h2-9H,21H2,1H3,(H,22,24). The number of carbonyl (C=O) groups excluding carboxylic acids is 1. The first-order valence-corrected chi connectivity index (χ1v) is 9.53. The number of anilines is 2. The molecule has 0 atom stereocenters. The summed E-state index contributed by atoms with van der Waals surface area (Å²) in [7, 11) is 0. The van der Waals surface area contributed by atoms with Crippen molar-refractivity contribution in [2.75, 3.05) is 11.1 Å². The number of hydrogen-bond donors (Lipinski definition) is 2. The van der Waals surface area contributed by atoms with E-state index in [4.69, 9.17) is 5.73 Å². The van der Waals surface area contributed by atoms with E-state index in [9.17, 15) is 9.18 Å². The summed E-state index contributed by atoms with van der Waals surface area (Å²) in [5, 5.41) is 5.55. The van der Waals surface area contributed by atoms with E-state index in [0.717, 1.165) is 20.8 Å². The van der Waals surface area contributed by atoms with E-state index in [2.05, 4.69) is 10.3 Å². The van der Waals surface area contributed by atoms with Gasteiger partial charge < -0.3 is 11.1 Å². The molecule has 7 heteroatoms. The maximum absolute atomic E-state index is 13.2. The van der Waals surface area contributed by atoms with E-state index >= 15 is 0 Å². The van der Waals surface area contributed by atoms with Crippen molar-refractivity contribution in [3.05, 3.63) is 64.1 Å². The first-order chi connectivity index (χ1) is 12.5. The highest BCUT2D eigenvalue weighted by atomic mass is 32.1. The monoisotopic (exact) mass is 383 g/mol. The van der Waals surface area contributed by atoms with Crippen molar-refractivity contribution in [1.82, 2.24) is 4.98 Å². The van der Waals surface area contributed by atoms with Gasteiger partial charge in [0, 0.05) is 11.1 Å². The van der Waals surface area contributed by atoms with Crippen LogP contribution in [0.1, 0.15) is 15.2 Å². The summed E-state index contributed by atoms with van der Waals surface area (Å²) in [5.74, 6) is -0.662. The molecule has 4 nitrogen and oxygen atoms in total. The van der Waals surface area contributed by atoms with E-state index in [-0.39, 0.29) is 11.7 Å². The Hall–Kier alpha value is -2.77. The number of thiophene rings is 2. The summed E-state index contributed by atoms with van der Waals surface area (Å²) < 4.78 is 13.2. The Balaban J connectivity index is 1.69. The first kappa shape index (κ1) is 16.7. The predicted octanol–water partition coefficient (Wildman–Crippen LogP) is 5.31. The minimum absolute atomic E-state index is 0.321. The van der Waals surface area contributed by atoms with Gasteiger partial charge >= 0.3 is 0 Å². The van der Waals surface area contributed by atoms with Crippen molar-refractivity contribution in [1.29, 1.82) is 0 Å². The zero-order chi connectivity index (χ0) is 18.3. The Labute approximate surface area is 157 Å². The Morgan fingerprint density at radius 2 is 2.08 bits per heavy atom. The molecular formula is C19H14FN3OS2. The maximum atomic E-state index is 13.2. The van der Waals surface area contributed by atoms with Gasteiger partial charge in [0.05, 0.1) is 16.3 Å². The molecule has 1 amide bonds. The summed E-state index contributed by atoms with van der Waals surface area (Å²) in [6.45, 7) is 1.74. The summed E-state index contributed by atoms with van der Waals surface area (Å²) in [4.78, 5) is 19.5. The fourth-order valence-corrected chi connectivity index (χ4v) is 4.36. The molecule has 3 heterocycles. The minimum Gasteiger partial charge on any atom is -0.397 e. The van der Waals surface area contributed by atoms with Gasteiger partial charge in [-0.15, -0.1) is 22.7 Å². The van der Waals surface area contributed by atoms with Crippen LogP contribution in [0.25, 0.3) is 20.8 Å². The normalized spacial score (nSPS) is 11.0. The van der Waals surface area contributed by atoms with Gasteiger partial charge in [0.1, 0.15) is 15.5 Å². The SMILES string of the molecule is Cc1cc(F)ccc1NC(=O)c1sc2nc(-c3cccs3)ccc2c1N. The van der Waals surface area contributed by atoms with Crippen molar-refractivity contribution >= 4 is 50.2 Å². The number of hydrogen-bond acceptors (Lipinski definition) is 5. The Morgan fingerprint density at radius 3 is 2.81 bits per heavy atom. The number of nitrogens with zero attached hydrogens (tertiary/aromatic N) is 1. The van der Waals surface area contributed by atoms with Crippen LogP contribution in [0.5, 0.6) is 0 Å². The molecule has 0 bridgehead atoms. The molecule has 1 aromatic carbocycles. The van der Waals surface area contributed by atoms with Gasteiger partial charge in [-0.05, 0) is 54.3 Å². The Bertz CT molecular complexity index is 1120. The lowest BCUT2D eigenvalue weighted by molar-refractivity contribution is 0.103. The largest absolute Gasteiger partial charge is 0.397 e. The second-order valence-corrected chi connectivity index (χ2v) is 7.73. The average Bonchev–Trinajstić information content (AvgIpc) is 3.25. The quantitative estimate of drug-likeness (QED) is 0.504. The van der Waals surface area contributed by atoms with Crippen molar-refractivity contribution in [3.8, 4) is 10.6 Å². The van der Waals surface area contributed by atoms with Crippen LogP contribution in [0.4, 0.5) is 15.8 Å². The highest BCUT2D eigenvalue weighted by molar-refractivity contribution is 7.21. The summed E-state index contributed by atoms with van der Waals surface area (Å²) >= 11 is 2.86. The number of aryl methyl sites for hydroxylation is 1. The molecule has 4 aromatic rings. The molecule has 0 spiro atoms. The number of aromatic nitrogens is 1. The third-order valence-electron chi connectivity index (χ3n) is 4.01. The van der Waals surface area contributed by atoms with Crippen LogP contribution in [0.15, 0.2) is 47.8 Å². The molecule has 130 valence electrons. The number of nitrogens with two attached hydrogens (primary N) is 1. The number of amides is 1. The van der Waals surface area contributed by atoms with E-state index in [0.29, 0.717) is 21.8 Å². The molecular weight excluding hydrogens is 369 g/mol. The van der Waals surface area contributed by atoms with Crippen molar-refractivity contribution in [2.45, 2.75) is 6.92 Å². The van der Waals surface area contributed by atoms with Crippen LogP contribution in [-0.2, 0) is 0 Å². The second-order valence-electron chi connectivity index (χ2n) is 5.78. The van der Waals surface area contributed by atoms with E-state index in [1.54, 1.807) is 24.3 Å². The first-order valence-electron chi connectivity index (χ1n) is 7.83. The second kappa shape index (κ2) is 6.51. The third kappa shape index (κ3) is 2.95. The topological polar surface area (TPSA) is 68.0 Å². The molecule has 0 unspecified atom stereocenters. The van der Waals surface area contributed by atoms with Crippen LogP contribution >= 0.6 is 22.7 Å². The lowest BCUT2D eigenvalue weighted by Crippen LogP contribution is -2.12. The zero-order valence-corrected chi connectivity index (χ0v) is 15.4. The summed E-state index contributed by atoms with van der Waals surface area (Å²) in [6, 6.07) is 12.0. The Kier molecular flexibility index (Phi) is 4.18. The number of rotatable bonds is 3. The highest BCUT2D eigenvalue weighted by Crippen LogP contribution is 2.35. The van der Waals surface area contributed by atoms with Crippen molar-refractivity contribution in [2.24, 2.45) is 0 Å². The zero-order valence-electron chi connectivity index (χ0n) is 13.7. The smallest absolute Gasteiger partial charge is 0.267 e. The van der Waals surface area contributed by atoms with Gasteiger partial charge in [-0.25, -0.2) is 9.37 Å². The fraction of sp³-hybridized carbons (Fsp3) is 0.0526. The average molecular weight is 383 g/mol. The molecule has 0 saturated heterocycles. The number of nitrogens with one attached hydrogen (secondary N) is 1. The fourth-order valence-electron chi connectivity index (χ4n) is 2.67. The van der Waals surface area contributed by atoms with Crippen LogP contribution in [0.2, 0.25) is 0 Å². The van der Waals surface area contributed by atoms with Gasteiger partial charge in [-0.2, -0.15) is 0 Å². The lowest BCUT2D eigenvalue weighted by Gasteiger charge is -2.07. The summed E-state index contributed by atoms with van der Waals surface area (Å²) in [6.07, 6.45) is 0. The lowest BCUT2D eigenvalue weighted by atomic mass is 10.2. The molecule has 4 rings (SSSR count). The number of fused-ring (bicyclic) bond motifs is 1. The molecule has 26 heavy (non-hydrogen) atoms. The predicted molar refractivity (Wildman–Crippen MR) is 106 cm³/mol. The molecule has 0 radical (unpaired) electrons. The van der Waals surface area contributed by atoms with Gasteiger partial charge in [0.2, 0.25) is 0 Å². The Morgan fingerprint density at radius 1 is 1.23 bits per heavy atom. The number of pyridine rings is 1. The van der Waals surface area contributed by atoms with Crippen LogP contribution in [-0.4, -0.2) is 10.9 Å². The number of nitrogen functional groups attached to an aromatic ring is 1. The number of benzene rings is 1. The molecule has 3 N–H and O–H groups in total. The van der Waals surface area contributed by atoms with Gasteiger partial charge in [0.15, 0.2) is 0 Å². The molecule has 3 aromatic heterocycles.